The molecule has 0 radical (unpaired) electrons. The van der Waals surface area contributed by atoms with Crippen LogP contribution in [0.3, 0.4) is 0 Å². The Morgan fingerprint density at radius 2 is 1.58 bits per heavy atom. The molecule has 2 fully saturated rings. The van der Waals surface area contributed by atoms with Crippen molar-refractivity contribution < 1.29 is 17.9 Å². The summed E-state index contributed by atoms with van der Waals surface area (Å²) >= 11 is 0. The summed E-state index contributed by atoms with van der Waals surface area (Å²) in [5, 5.41) is 0. The van der Waals surface area contributed by atoms with Gasteiger partial charge in [0.05, 0.1) is 13.2 Å². The highest BCUT2D eigenvalue weighted by atomic mass is 32.2. The first-order chi connectivity index (χ1) is 11.5. The molecule has 7 nitrogen and oxygen atoms in total. The Morgan fingerprint density at radius 1 is 1.00 bits per heavy atom. The van der Waals surface area contributed by atoms with Crippen molar-refractivity contribution in [3.05, 3.63) is 0 Å². The minimum atomic E-state index is -3.43. The van der Waals surface area contributed by atoms with Crippen LogP contribution in [0, 0.1) is 5.92 Å². The molecule has 2 aliphatic rings. The molecule has 140 valence electrons. The van der Waals surface area contributed by atoms with Crippen molar-refractivity contribution in [1.82, 2.24) is 13.5 Å². The zero-order valence-corrected chi connectivity index (χ0v) is 15.8. The van der Waals surface area contributed by atoms with E-state index in [-0.39, 0.29) is 11.8 Å². The first-order valence-corrected chi connectivity index (χ1v) is 10.5. The van der Waals surface area contributed by atoms with Gasteiger partial charge in [0.2, 0.25) is 5.91 Å². The maximum atomic E-state index is 12.6. The van der Waals surface area contributed by atoms with Gasteiger partial charge < -0.3 is 9.64 Å². The summed E-state index contributed by atoms with van der Waals surface area (Å²) in [7, 11) is -3.43. The molecule has 0 N–H and O–H groups in total. The van der Waals surface area contributed by atoms with E-state index in [9.17, 15) is 13.2 Å². The SMILES string of the molecule is CCCCC(CC)C(=O)N1CCN(S(=O)(=O)N2CCOCC2)CC1. The number of amides is 1. The third-order valence-electron chi connectivity index (χ3n) is 4.92. The number of rotatable bonds is 7. The molecule has 2 aliphatic heterocycles. The molecule has 0 aromatic rings. The highest BCUT2D eigenvalue weighted by Crippen LogP contribution is 2.19. The molecule has 2 rings (SSSR count). The number of unbranched alkanes of at least 4 members (excludes halogenated alkanes) is 1. The minimum absolute atomic E-state index is 0.0763. The lowest BCUT2D eigenvalue weighted by Gasteiger charge is -2.38. The fourth-order valence-electron chi connectivity index (χ4n) is 3.29. The molecule has 1 unspecified atom stereocenters. The lowest BCUT2D eigenvalue weighted by atomic mass is 9.97. The van der Waals surface area contributed by atoms with Crippen molar-refractivity contribution in [1.29, 1.82) is 0 Å². The second kappa shape index (κ2) is 9.12. The Kier molecular flexibility index (Phi) is 7.46. The van der Waals surface area contributed by atoms with Crippen LogP contribution in [0.15, 0.2) is 0 Å². The fourth-order valence-corrected chi connectivity index (χ4v) is 4.85. The molecule has 0 aromatic heterocycles. The zero-order valence-electron chi connectivity index (χ0n) is 14.9. The van der Waals surface area contributed by atoms with Crippen molar-refractivity contribution in [3.63, 3.8) is 0 Å². The number of nitrogens with zero attached hydrogens (tertiary/aromatic N) is 3. The number of carbonyl (C=O) groups excluding carboxylic acids is 1. The molecule has 24 heavy (non-hydrogen) atoms. The maximum absolute atomic E-state index is 12.6. The Hall–Kier alpha value is -0.700. The van der Waals surface area contributed by atoms with E-state index in [4.69, 9.17) is 4.74 Å². The molecule has 1 atom stereocenters. The molecule has 0 aliphatic carbocycles. The Morgan fingerprint density at radius 3 is 2.12 bits per heavy atom. The van der Waals surface area contributed by atoms with Gasteiger partial charge in [0.15, 0.2) is 0 Å². The van der Waals surface area contributed by atoms with E-state index in [1.165, 1.54) is 8.61 Å². The van der Waals surface area contributed by atoms with Crippen molar-refractivity contribution >= 4 is 16.1 Å². The predicted octanol–water partition coefficient (Wildman–Crippen LogP) is 0.924. The highest BCUT2D eigenvalue weighted by Gasteiger charge is 2.35. The standard InChI is InChI=1S/C16H31N3O4S/c1-3-5-6-15(4-2)16(20)17-7-9-18(10-8-17)24(21,22)19-11-13-23-14-12-19/h15H,3-14H2,1-2H3. The summed E-state index contributed by atoms with van der Waals surface area (Å²) in [6, 6.07) is 0. The van der Waals surface area contributed by atoms with Gasteiger partial charge in [-0.15, -0.1) is 0 Å². The van der Waals surface area contributed by atoms with Crippen LogP contribution in [-0.2, 0) is 19.7 Å². The number of ether oxygens (including phenoxy) is 1. The average molecular weight is 362 g/mol. The molecule has 1 amide bonds. The van der Waals surface area contributed by atoms with Crippen LogP contribution >= 0.6 is 0 Å². The van der Waals surface area contributed by atoms with Crippen LogP contribution in [0.1, 0.15) is 39.5 Å². The summed E-state index contributed by atoms with van der Waals surface area (Å²) in [6.45, 7) is 7.67. The number of hydrogen-bond donors (Lipinski definition) is 0. The molecular formula is C16H31N3O4S. The normalized spacial score (nSPS) is 22.5. The van der Waals surface area contributed by atoms with Gasteiger partial charge in [0.1, 0.15) is 0 Å². The van der Waals surface area contributed by atoms with E-state index in [2.05, 4.69) is 13.8 Å². The largest absolute Gasteiger partial charge is 0.379 e. The number of carbonyl (C=O) groups is 1. The lowest BCUT2D eigenvalue weighted by molar-refractivity contribution is -0.137. The molecule has 8 heteroatoms. The van der Waals surface area contributed by atoms with E-state index in [1.54, 1.807) is 0 Å². The maximum Gasteiger partial charge on any atom is 0.282 e. The smallest absolute Gasteiger partial charge is 0.282 e. The van der Waals surface area contributed by atoms with Gasteiger partial charge in [-0.25, -0.2) is 0 Å². The fraction of sp³-hybridized carbons (Fsp3) is 0.938. The average Bonchev–Trinajstić information content (AvgIpc) is 2.63. The van der Waals surface area contributed by atoms with Crippen LogP contribution in [-0.4, -0.2) is 80.3 Å². The summed E-state index contributed by atoms with van der Waals surface area (Å²) in [6.07, 6.45) is 3.94. The van der Waals surface area contributed by atoms with Gasteiger partial charge in [0, 0.05) is 45.2 Å². The van der Waals surface area contributed by atoms with Gasteiger partial charge in [-0.2, -0.15) is 17.0 Å². The quantitative estimate of drug-likeness (QED) is 0.676. The van der Waals surface area contributed by atoms with Crippen molar-refractivity contribution in [2.75, 3.05) is 52.5 Å². The van der Waals surface area contributed by atoms with Gasteiger partial charge in [-0.05, 0) is 12.8 Å². The second-order valence-electron chi connectivity index (χ2n) is 6.49. The number of morpholine rings is 1. The van der Waals surface area contributed by atoms with E-state index in [0.29, 0.717) is 52.5 Å². The van der Waals surface area contributed by atoms with E-state index >= 15 is 0 Å². The molecule has 0 aromatic carbocycles. The summed E-state index contributed by atoms with van der Waals surface area (Å²) in [5.74, 6) is 0.265. The monoisotopic (exact) mass is 361 g/mol. The first-order valence-electron chi connectivity index (χ1n) is 9.12. The molecule has 0 spiro atoms. The third kappa shape index (κ3) is 4.68. The molecule has 2 heterocycles. The van der Waals surface area contributed by atoms with Crippen LogP contribution in [0.2, 0.25) is 0 Å². The number of hydrogen-bond acceptors (Lipinski definition) is 4. The van der Waals surface area contributed by atoms with E-state index in [1.807, 2.05) is 4.90 Å². The molecular weight excluding hydrogens is 330 g/mol. The van der Waals surface area contributed by atoms with Crippen LogP contribution in [0.25, 0.3) is 0 Å². The Balaban J connectivity index is 1.89. The van der Waals surface area contributed by atoms with Gasteiger partial charge >= 0.3 is 0 Å². The van der Waals surface area contributed by atoms with E-state index in [0.717, 1.165) is 25.7 Å². The molecule has 2 saturated heterocycles. The first kappa shape index (κ1) is 19.6. The van der Waals surface area contributed by atoms with Crippen LogP contribution in [0.5, 0.6) is 0 Å². The predicted molar refractivity (Wildman–Crippen MR) is 92.8 cm³/mol. The van der Waals surface area contributed by atoms with E-state index < -0.39 is 10.2 Å². The van der Waals surface area contributed by atoms with Gasteiger partial charge in [0.25, 0.3) is 10.2 Å². The Bertz CT molecular complexity index is 497. The summed E-state index contributed by atoms with van der Waals surface area (Å²) < 4.78 is 33.5. The number of piperazine rings is 1. The van der Waals surface area contributed by atoms with Crippen molar-refractivity contribution in [3.8, 4) is 0 Å². The molecule has 0 saturated carbocycles. The highest BCUT2D eigenvalue weighted by molar-refractivity contribution is 7.86. The minimum Gasteiger partial charge on any atom is -0.379 e. The van der Waals surface area contributed by atoms with Gasteiger partial charge in [-0.1, -0.05) is 26.7 Å². The summed E-state index contributed by atoms with van der Waals surface area (Å²) in [5.41, 5.74) is 0. The zero-order chi connectivity index (χ0) is 17.6. The molecule has 0 bridgehead atoms. The van der Waals surface area contributed by atoms with Gasteiger partial charge in [-0.3, -0.25) is 4.79 Å². The van der Waals surface area contributed by atoms with Crippen LogP contribution in [0.4, 0.5) is 0 Å². The third-order valence-corrected chi connectivity index (χ3v) is 6.96. The summed E-state index contributed by atoms with van der Waals surface area (Å²) in [4.78, 5) is 14.5. The Labute approximate surface area is 146 Å². The second-order valence-corrected chi connectivity index (χ2v) is 8.42. The van der Waals surface area contributed by atoms with Crippen molar-refractivity contribution in [2.45, 2.75) is 39.5 Å². The topological polar surface area (TPSA) is 70.2 Å². The van der Waals surface area contributed by atoms with Crippen LogP contribution < -0.4 is 0 Å². The lowest BCUT2D eigenvalue weighted by Crippen LogP contribution is -2.56. The van der Waals surface area contributed by atoms with Crippen molar-refractivity contribution in [2.24, 2.45) is 5.92 Å².